The van der Waals surface area contributed by atoms with Crippen molar-refractivity contribution < 1.29 is 40.6 Å². The van der Waals surface area contributed by atoms with E-state index >= 15 is 0 Å². The Morgan fingerprint density at radius 1 is 0.952 bits per heavy atom. The van der Waals surface area contributed by atoms with Crippen molar-refractivity contribution in [1.29, 1.82) is 0 Å². The molecule has 1 N–H and O–H groups in total. The molecule has 3 heterocycles. The van der Waals surface area contributed by atoms with Gasteiger partial charge in [0.15, 0.2) is 5.82 Å². The van der Waals surface area contributed by atoms with E-state index < -0.39 is 42.0 Å². The van der Waals surface area contributed by atoms with E-state index in [1.54, 1.807) is 11.0 Å². The van der Waals surface area contributed by atoms with Gasteiger partial charge in [-0.2, -0.15) is 41.3 Å². The molecule has 1 amide bonds. The van der Waals surface area contributed by atoms with Crippen LogP contribution in [0.3, 0.4) is 0 Å². The van der Waals surface area contributed by atoms with Crippen molar-refractivity contribution in [3.8, 4) is 5.75 Å². The maximum atomic E-state index is 13.7. The summed E-state index contributed by atoms with van der Waals surface area (Å²) in [4.78, 5) is 27.6. The second kappa shape index (κ2) is 12.1. The first-order chi connectivity index (χ1) is 20.0. The molecule has 1 atom stereocenters. The summed E-state index contributed by atoms with van der Waals surface area (Å²) in [5.74, 6) is -2.95. The van der Waals surface area contributed by atoms with E-state index in [1.807, 2.05) is 0 Å². The lowest BCUT2D eigenvalue weighted by molar-refractivity contribution is -0.169. The first-order valence-electron chi connectivity index (χ1n) is 13.1. The molecule has 1 unspecified atom stereocenters. The van der Waals surface area contributed by atoms with E-state index in [1.165, 1.54) is 42.5 Å². The molecule has 0 bridgehead atoms. The molecule has 224 valence electrons. The Hall–Kier alpha value is -3.98. The number of aromatic nitrogens is 3. The molecule has 5 rings (SSSR count). The van der Waals surface area contributed by atoms with E-state index in [0.717, 1.165) is 6.07 Å². The monoisotopic (exact) mass is 596 g/mol. The number of amides is 1. The normalized spacial score (nSPS) is 18.5. The van der Waals surface area contributed by atoms with Crippen LogP contribution in [0.1, 0.15) is 30.3 Å². The molecule has 15 heteroatoms. The molecule has 2 aliphatic rings. The van der Waals surface area contributed by atoms with Crippen LogP contribution in [0, 0.1) is 0 Å². The van der Waals surface area contributed by atoms with Crippen molar-refractivity contribution in [3.63, 3.8) is 0 Å². The largest absolute Gasteiger partial charge is 0.490 e. The summed E-state index contributed by atoms with van der Waals surface area (Å²) in [5.41, 5.74) is -0.975. The number of piperidine rings is 1. The number of ether oxygens (including phenoxy) is 2. The summed E-state index contributed by atoms with van der Waals surface area (Å²) >= 11 is 0. The van der Waals surface area contributed by atoms with Gasteiger partial charge in [0, 0.05) is 39.0 Å². The average Bonchev–Trinajstić information content (AvgIpc) is 2.98. The van der Waals surface area contributed by atoms with Gasteiger partial charge in [0.05, 0.1) is 17.9 Å². The first-order valence-corrected chi connectivity index (χ1v) is 13.1. The summed E-state index contributed by atoms with van der Waals surface area (Å²) in [6.07, 6.45) is -10.5. The Balaban J connectivity index is 1.44. The van der Waals surface area contributed by atoms with Crippen LogP contribution in [0.2, 0.25) is 0 Å². The molecule has 1 aromatic heterocycles. The topological polar surface area (TPSA) is 92.7 Å². The quantitative estimate of drug-likeness (QED) is 0.405. The van der Waals surface area contributed by atoms with E-state index in [-0.39, 0.29) is 55.7 Å². The molecule has 2 saturated heterocycles. The van der Waals surface area contributed by atoms with Gasteiger partial charge < -0.3 is 19.7 Å². The second-order valence-electron chi connectivity index (χ2n) is 9.63. The van der Waals surface area contributed by atoms with Gasteiger partial charge in [-0.05, 0) is 24.3 Å². The Labute approximate surface area is 236 Å². The molecule has 2 aliphatic heterocycles. The molecule has 0 radical (unpaired) electrons. The zero-order valence-electron chi connectivity index (χ0n) is 22.0. The number of nitrogens with one attached hydrogen (secondary N) is 1. The van der Waals surface area contributed by atoms with Gasteiger partial charge in [0.25, 0.3) is 0 Å². The summed E-state index contributed by atoms with van der Waals surface area (Å²) in [6, 6.07) is 12.1. The lowest BCUT2D eigenvalue weighted by Crippen LogP contribution is -2.42. The molecule has 3 aromatic rings. The van der Waals surface area contributed by atoms with E-state index in [2.05, 4.69) is 20.3 Å². The number of carbonyl (C=O) groups excluding carboxylic acids is 1. The molecular weight excluding hydrogens is 570 g/mol. The maximum Gasteiger partial charge on any atom is 0.472 e. The number of hydrogen-bond donors (Lipinski definition) is 1. The minimum Gasteiger partial charge on any atom is -0.490 e. The number of carbonyl (C=O) groups is 1. The lowest BCUT2D eigenvalue weighted by Gasteiger charge is -2.33. The van der Waals surface area contributed by atoms with Crippen LogP contribution in [0.4, 0.5) is 43.9 Å². The molecule has 9 nitrogen and oxygen atoms in total. The van der Waals surface area contributed by atoms with Crippen LogP contribution >= 0.6 is 0 Å². The van der Waals surface area contributed by atoms with E-state index in [0.29, 0.717) is 18.1 Å². The summed E-state index contributed by atoms with van der Waals surface area (Å²) in [6.45, 7) is 1.62. The number of anilines is 3. The minimum absolute atomic E-state index is 0.00854. The van der Waals surface area contributed by atoms with Crippen molar-refractivity contribution >= 4 is 23.5 Å². The highest BCUT2D eigenvalue weighted by molar-refractivity contribution is 6.02. The minimum atomic E-state index is -5.23. The van der Waals surface area contributed by atoms with Crippen LogP contribution in [0.25, 0.3) is 0 Å². The van der Waals surface area contributed by atoms with E-state index in [4.69, 9.17) is 9.47 Å². The fourth-order valence-electron chi connectivity index (χ4n) is 4.67. The molecule has 2 aromatic carbocycles. The Morgan fingerprint density at radius 3 is 2.29 bits per heavy atom. The molecule has 42 heavy (non-hydrogen) atoms. The first kappa shape index (κ1) is 29.5. The van der Waals surface area contributed by atoms with Crippen LogP contribution in [0.5, 0.6) is 5.75 Å². The standard InChI is InChI=1S/C27H26F6N6O3/c28-26(29,30)19-8-4-5-9-20(19)42-18-10-13-38(14-11-18)24-35-22(21-16-34-12-15-41-21)36-25(37-24)39(23(40)27(31,32)33)17-6-2-1-3-7-17/h1-9,18,21,34H,10-16H2. The highest BCUT2D eigenvalue weighted by atomic mass is 19.4. The Morgan fingerprint density at radius 2 is 1.64 bits per heavy atom. The number of benzene rings is 2. The van der Waals surface area contributed by atoms with Gasteiger partial charge in [-0.1, -0.05) is 30.3 Å². The molecule has 0 saturated carbocycles. The SMILES string of the molecule is O=C(N(c1ccccc1)c1nc(C2CNCCO2)nc(N2CCC(Oc3ccccc3C(F)(F)F)CC2)n1)C(F)(F)F. The highest BCUT2D eigenvalue weighted by Gasteiger charge is 2.45. The third-order valence-electron chi connectivity index (χ3n) is 6.72. The molecule has 0 spiro atoms. The zero-order chi connectivity index (χ0) is 29.9. The summed E-state index contributed by atoms with van der Waals surface area (Å²) < 4.78 is 92.8. The van der Waals surface area contributed by atoms with Crippen molar-refractivity contribution in [3.05, 3.63) is 66.0 Å². The third-order valence-corrected chi connectivity index (χ3v) is 6.72. The lowest BCUT2D eigenvalue weighted by atomic mass is 10.1. The fraction of sp³-hybridized carbons (Fsp3) is 0.407. The van der Waals surface area contributed by atoms with E-state index in [9.17, 15) is 31.1 Å². The molecule has 0 aliphatic carbocycles. The van der Waals surface area contributed by atoms with Crippen LogP contribution in [0.15, 0.2) is 54.6 Å². The predicted octanol–water partition coefficient (Wildman–Crippen LogP) is 4.83. The van der Waals surface area contributed by atoms with Crippen molar-refractivity contribution in [2.75, 3.05) is 42.6 Å². The number of hydrogen-bond acceptors (Lipinski definition) is 8. The van der Waals surface area contributed by atoms with Gasteiger partial charge in [-0.25, -0.2) is 4.90 Å². The molecular formula is C27H26F6N6O3. The van der Waals surface area contributed by atoms with Gasteiger partial charge in [-0.3, -0.25) is 4.79 Å². The van der Waals surface area contributed by atoms with Crippen LogP contribution in [-0.4, -0.2) is 65.9 Å². The van der Waals surface area contributed by atoms with Gasteiger partial charge in [0.1, 0.15) is 18.0 Å². The number of alkyl halides is 6. The van der Waals surface area contributed by atoms with Crippen molar-refractivity contribution in [1.82, 2.24) is 20.3 Å². The maximum absolute atomic E-state index is 13.7. The van der Waals surface area contributed by atoms with Crippen molar-refractivity contribution in [2.45, 2.75) is 37.4 Å². The fourth-order valence-corrected chi connectivity index (χ4v) is 4.67. The highest BCUT2D eigenvalue weighted by Crippen LogP contribution is 2.37. The number of halogens is 6. The summed E-state index contributed by atoms with van der Waals surface area (Å²) in [7, 11) is 0. The third kappa shape index (κ3) is 6.73. The number of rotatable bonds is 6. The zero-order valence-corrected chi connectivity index (χ0v) is 22.0. The average molecular weight is 597 g/mol. The smallest absolute Gasteiger partial charge is 0.472 e. The van der Waals surface area contributed by atoms with Crippen LogP contribution in [-0.2, 0) is 15.7 Å². The number of morpholine rings is 1. The predicted molar refractivity (Wildman–Crippen MR) is 138 cm³/mol. The number of nitrogens with zero attached hydrogens (tertiary/aromatic N) is 5. The number of para-hydroxylation sites is 2. The van der Waals surface area contributed by atoms with Crippen LogP contribution < -0.4 is 19.9 Å². The Kier molecular flexibility index (Phi) is 8.50. The Bertz CT molecular complexity index is 1380. The second-order valence-corrected chi connectivity index (χ2v) is 9.63. The summed E-state index contributed by atoms with van der Waals surface area (Å²) in [5, 5.41) is 3.11. The molecule has 2 fully saturated rings. The van der Waals surface area contributed by atoms with Gasteiger partial charge in [-0.15, -0.1) is 0 Å². The van der Waals surface area contributed by atoms with Crippen molar-refractivity contribution in [2.24, 2.45) is 0 Å². The van der Waals surface area contributed by atoms with Gasteiger partial charge in [0.2, 0.25) is 11.9 Å². The van der Waals surface area contributed by atoms with Gasteiger partial charge >= 0.3 is 18.3 Å².